The predicted molar refractivity (Wildman–Crippen MR) is 169 cm³/mol. The molecule has 44 heavy (non-hydrogen) atoms. The number of hydrogen-bond acceptors (Lipinski definition) is 7. The van der Waals surface area contributed by atoms with Gasteiger partial charge in [0, 0.05) is 24.7 Å². The van der Waals surface area contributed by atoms with E-state index in [1.807, 2.05) is 38.1 Å². The summed E-state index contributed by atoms with van der Waals surface area (Å²) in [6.45, 7) is 7.10. The molecule has 3 aromatic rings. The maximum Gasteiger partial charge on any atom is 0.273 e. The van der Waals surface area contributed by atoms with Crippen LogP contribution in [0.5, 0.6) is 5.75 Å². The van der Waals surface area contributed by atoms with Crippen molar-refractivity contribution in [3.63, 3.8) is 0 Å². The Bertz CT molecular complexity index is 1580. The monoisotopic (exact) mass is 624 g/mol. The Morgan fingerprint density at radius 2 is 1.68 bits per heavy atom. The molecule has 0 saturated heterocycles. The maximum absolute atomic E-state index is 14.2. The van der Waals surface area contributed by atoms with Gasteiger partial charge >= 0.3 is 0 Å². The summed E-state index contributed by atoms with van der Waals surface area (Å²) in [4.78, 5) is 39.6. The number of carbonyl (C=O) groups excluding carboxylic acids is 2. The molecule has 0 saturated carbocycles. The van der Waals surface area contributed by atoms with E-state index < -0.39 is 33.4 Å². The minimum atomic E-state index is -4.49. The highest BCUT2D eigenvalue weighted by Gasteiger charge is 2.34. The molecule has 2 amide bonds. The van der Waals surface area contributed by atoms with Gasteiger partial charge in [-0.1, -0.05) is 50.6 Å². The van der Waals surface area contributed by atoms with Crippen LogP contribution in [0.4, 0.5) is 11.4 Å². The number of anilines is 1. The largest absolute Gasteiger partial charge is 0.497 e. The molecule has 1 atom stereocenters. The topological polar surface area (TPSA) is 139 Å². The van der Waals surface area contributed by atoms with E-state index in [1.165, 1.54) is 43.2 Å². The Kier molecular flexibility index (Phi) is 11.9. The average Bonchev–Trinajstić information content (AvgIpc) is 3.00. The van der Waals surface area contributed by atoms with Gasteiger partial charge in [-0.15, -0.1) is 0 Å². The van der Waals surface area contributed by atoms with Gasteiger partial charge in [0.25, 0.3) is 15.7 Å². The Balaban J connectivity index is 2.11. The summed E-state index contributed by atoms with van der Waals surface area (Å²) in [5, 5.41) is 14.5. The molecule has 0 spiro atoms. The second-order valence-corrected chi connectivity index (χ2v) is 12.3. The highest BCUT2D eigenvalue weighted by atomic mass is 32.2. The Hall–Kier alpha value is -4.45. The number of aryl methyl sites for hydroxylation is 2. The molecule has 236 valence electrons. The molecular formula is C32H40N4O7S. The molecule has 1 N–H and O–H groups in total. The van der Waals surface area contributed by atoms with Crippen molar-refractivity contribution in [3.8, 4) is 5.75 Å². The normalized spacial score (nSPS) is 11.8. The number of nitro benzene ring substituents is 1. The van der Waals surface area contributed by atoms with Gasteiger partial charge in [0.15, 0.2) is 0 Å². The summed E-state index contributed by atoms with van der Waals surface area (Å²) in [6, 6.07) is 16.3. The van der Waals surface area contributed by atoms with Crippen LogP contribution in [0.3, 0.4) is 0 Å². The molecule has 0 bridgehead atoms. The SMILES string of the molecule is CCCCNC(=O)C(CC)N(Cc1ccccc1C)C(=O)CN(c1ccc(OC)cc1)S(=O)(=O)c1ccc(C)c([N+](=O)[O-])c1. The molecule has 3 rings (SSSR count). The summed E-state index contributed by atoms with van der Waals surface area (Å²) >= 11 is 0. The lowest BCUT2D eigenvalue weighted by atomic mass is 10.1. The fourth-order valence-electron chi connectivity index (χ4n) is 4.75. The number of nitrogens with zero attached hydrogens (tertiary/aromatic N) is 3. The van der Waals surface area contributed by atoms with Crippen molar-refractivity contribution in [2.75, 3.05) is 24.5 Å². The van der Waals surface area contributed by atoms with Crippen molar-refractivity contribution in [2.45, 2.75) is 64.4 Å². The number of ether oxygens (including phenoxy) is 1. The zero-order valence-corrected chi connectivity index (χ0v) is 26.6. The quantitative estimate of drug-likeness (QED) is 0.140. The van der Waals surface area contributed by atoms with Crippen molar-refractivity contribution in [3.05, 3.63) is 93.5 Å². The van der Waals surface area contributed by atoms with Crippen molar-refractivity contribution in [1.82, 2.24) is 10.2 Å². The zero-order chi connectivity index (χ0) is 32.4. The van der Waals surface area contributed by atoms with E-state index in [9.17, 15) is 28.1 Å². The number of hydrogen-bond donors (Lipinski definition) is 1. The van der Waals surface area contributed by atoms with Gasteiger partial charge < -0.3 is 15.0 Å². The number of benzene rings is 3. The molecule has 0 fully saturated rings. The molecule has 0 heterocycles. The molecule has 12 heteroatoms. The van der Waals surface area contributed by atoms with Gasteiger partial charge in [-0.25, -0.2) is 8.42 Å². The Morgan fingerprint density at radius 3 is 2.27 bits per heavy atom. The molecule has 0 aliphatic heterocycles. The van der Waals surface area contributed by atoms with Crippen LogP contribution >= 0.6 is 0 Å². The second kappa shape index (κ2) is 15.3. The van der Waals surface area contributed by atoms with Crippen LogP contribution in [-0.2, 0) is 26.2 Å². The highest BCUT2D eigenvalue weighted by molar-refractivity contribution is 7.92. The first-order valence-electron chi connectivity index (χ1n) is 14.5. The van der Waals surface area contributed by atoms with E-state index in [0.717, 1.165) is 34.3 Å². The number of carbonyl (C=O) groups is 2. The predicted octanol–water partition coefficient (Wildman–Crippen LogP) is 5.14. The molecule has 11 nitrogen and oxygen atoms in total. The smallest absolute Gasteiger partial charge is 0.273 e. The number of rotatable bonds is 15. The summed E-state index contributed by atoms with van der Waals surface area (Å²) in [5.41, 5.74) is 1.82. The molecule has 3 aromatic carbocycles. The first-order chi connectivity index (χ1) is 20.9. The molecule has 0 aromatic heterocycles. The van der Waals surface area contributed by atoms with Crippen LogP contribution in [0.15, 0.2) is 71.6 Å². The summed E-state index contributed by atoms with van der Waals surface area (Å²) in [7, 11) is -3.02. The number of unbranched alkanes of at least 4 members (excludes halogenated alkanes) is 1. The van der Waals surface area contributed by atoms with Gasteiger partial charge in [0.1, 0.15) is 18.3 Å². The van der Waals surface area contributed by atoms with Gasteiger partial charge in [-0.3, -0.25) is 24.0 Å². The van der Waals surface area contributed by atoms with E-state index in [2.05, 4.69) is 5.32 Å². The molecule has 0 aliphatic rings. The van der Waals surface area contributed by atoms with Crippen LogP contribution in [0.2, 0.25) is 0 Å². The van der Waals surface area contributed by atoms with Crippen molar-refractivity contribution in [1.29, 1.82) is 0 Å². The van der Waals surface area contributed by atoms with E-state index in [-0.39, 0.29) is 28.7 Å². The first-order valence-corrected chi connectivity index (χ1v) is 15.9. The number of nitrogens with one attached hydrogen (secondary N) is 1. The minimum absolute atomic E-state index is 0.0811. The standard InChI is InChI=1S/C32H40N4O7S/c1-6-8-19-33-32(38)29(7-2)34(21-25-12-10-9-11-23(25)3)31(37)22-35(26-14-16-27(43-5)17-15-26)44(41,42)28-18-13-24(4)30(20-28)36(39)40/h9-18,20,29H,6-8,19,21-22H2,1-5H3,(H,33,38). The molecular weight excluding hydrogens is 584 g/mol. The van der Waals surface area contributed by atoms with E-state index in [4.69, 9.17) is 4.74 Å². The van der Waals surface area contributed by atoms with Crippen molar-refractivity contribution in [2.24, 2.45) is 0 Å². The Labute approximate surface area is 259 Å². The average molecular weight is 625 g/mol. The van der Waals surface area contributed by atoms with Crippen LogP contribution in [0.1, 0.15) is 49.8 Å². The lowest BCUT2D eigenvalue weighted by Gasteiger charge is -2.33. The highest BCUT2D eigenvalue weighted by Crippen LogP contribution is 2.29. The number of amides is 2. The third kappa shape index (κ3) is 8.13. The second-order valence-electron chi connectivity index (χ2n) is 10.4. The molecule has 1 unspecified atom stereocenters. The summed E-state index contributed by atoms with van der Waals surface area (Å²) in [6.07, 6.45) is 1.96. The minimum Gasteiger partial charge on any atom is -0.497 e. The summed E-state index contributed by atoms with van der Waals surface area (Å²) in [5.74, 6) is -0.456. The third-order valence-electron chi connectivity index (χ3n) is 7.42. The zero-order valence-electron chi connectivity index (χ0n) is 25.8. The first kappa shape index (κ1) is 34.0. The fourth-order valence-corrected chi connectivity index (χ4v) is 6.18. The van der Waals surface area contributed by atoms with Gasteiger partial charge in [0.05, 0.1) is 22.6 Å². The van der Waals surface area contributed by atoms with E-state index in [0.29, 0.717) is 24.3 Å². The van der Waals surface area contributed by atoms with Crippen LogP contribution < -0.4 is 14.4 Å². The Morgan fingerprint density at radius 1 is 1.00 bits per heavy atom. The molecule has 0 radical (unpaired) electrons. The lowest BCUT2D eigenvalue weighted by molar-refractivity contribution is -0.385. The van der Waals surface area contributed by atoms with Crippen LogP contribution in [0, 0.1) is 24.0 Å². The number of sulfonamides is 1. The molecule has 0 aliphatic carbocycles. The fraction of sp³-hybridized carbons (Fsp3) is 0.375. The van der Waals surface area contributed by atoms with Crippen molar-refractivity contribution < 1.29 is 27.7 Å². The van der Waals surface area contributed by atoms with E-state index >= 15 is 0 Å². The van der Waals surface area contributed by atoms with Crippen LogP contribution in [-0.4, -0.2) is 56.3 Å². The number of nitro groups is 1. The van der Waals surface area contributed by atoms with Gasteiger partial charge in [0.2, 0.25) is 11.8 Å². The summed E-state index contributed by atoms with van der Waals surface area (Å²) < 4.78 is 34.4. The van der Waals surface area contributed by atoms with E-state index in [1.54, 1.807) is 19.1 Å². The van der Waals surface area contributed by atoms with Gasteiger partial charge in [-0.2, -0.15) is 0 Å². The van der Waals surface area contributed by atoms with Crippen LogP contribution in [0.25, 0.3) is 0 Å². The third-order valence-corrected chi connectivity index (χ3v) is 9.19. The maximum atomic E-state index is 14.2. The van der Waals surface area contributed by atoms with Gasteiger partial charge in [-0.05, 0) is 68.1 Å². The number of methoxy groups -OCH3 is 1. The van der Waals surface area contributed by atoms with Crippen molar-refractivity contribution >= 4 is 33.2 Å². The lowest BCUT2D eigenvalue weighted by Crippen LogP contribution is -2.52.